The van der Waals surface area contributed by atoms with Crippen LogP contribution in [0.25, 0.3) is 33.7 Å². The van der Waals surface area contributed by atoms with Crippen molar-refractivity contribution in [3.63, 3.8) is 0 Å². The van der Waals surface area contributed by atoms with Crippen molar-refractivity contribution in [3.05, 3.63) is 102 Å². The van der Waals surface area contributed by atoms with Crippen molar-refractivity contribution < 1.29 is 13.5 Å². The van der Waals surface area contributed by atoms with E-state index in [4.69, 9.17) is 9.72 Å². The molecule has 0 amide bonds. The van der Waals surface area contributed by atoms with E-state index >= 15 is 0 Å². The standard InChI is InChI=1S/C26H19F2N3O/c1-32-20-10-5-9-18(13-20)26-30-25-24(14-19(15-29-25)17-7-3-2-4-8-17)31(26)16-21-22(27)11-6-12-23(21)28/h2-15H,16H2,1H3. The summed E-state index contributed by atoms with van der Waals surface area (Å²) >= 11 is 0. The van der Waals surface area contributed by atoms with E-state index in [-0.39, 0.29) is 12.1 Å². The molecule has 5 rings (SSSR count). The second-order valence-electron chi connectivity index (χ2n) is 7.39. The molecule has 0 saturated carbocycles. The summed E-state index contributed by atoms with van der Waals surface area (Å²) in [7, 11) is 1.59. The lowest BCUT2D eigenvalue weighted by atomic mass is 10.1. The second-order valence-corrected chi connectivity index (χ2v) is 7.39. The van der Waals surface area contributed by atoms with Gasteiger partial charge in [-0.15, -0.1) is 0 Å². The Morgan fingerprint density at radius 2 is 1.53 bits per heavy atom. The molecular weight excluding hydrogens is 408 g/mol. The van der Waals surface area contributed by atoms with Crippen molar-refractivity contribution in [1.82, 2.24) is 14.5 Å². The van der Waals surface area contributed by atoms with Gasteiger partial charge in [0.05, 0.1) is 19.2 Å². The van der Waals surface area contributed by atoms with Crippen molar-refractivity contribution in [2.24, 2.45) is 0 Å². The Hall–Kier alpha value is -4.06. The Morgan fingerprint density at radius 1 is 0.812 bits per heavy atom. The first-order valence-electron chi connectivity index (χ1n) is 10.1. The Kier molecular flexibility index (Phi) is 5.11. The van der Waals surface area contributed by atoms with E-state index in [1.807, 2.05) is 60.7 Å². The van der Waals surface area contributed by atoms with Gasteiger partial charge in [0.15, 0.2) is 5.65 Å². The summed E-state index contributed by atoms with van der Waals surface area (Å²) in [5.74, 6) is 0.0154. The van der Waals surface area contributed by atoms with Crippen LogP contribution in [0.3, 0.4) is 0 Å². The SMILES string of the molecule is COc1cccc(-c2nc3ncc(-c4ccccc4)cc3n2Cc2c(F)cccc2F)c1. The van der Waals surface area contributed by atoms with Gasteiger partial charge in [-0.3, -0.25) is 0 Å². The van der Waals surface area contributed by atoms with Gasteiger partial charge >= 0.3 is 0 Å². The third-order valence-corrected chi connectivity index (χ3v) is 5.42. The first kappa shape index (κ1) is 19.9. The van der Waals surface area contributed by atoms with E-state index < -0.39 is 11.6 Å². The Balaban J connectivity index is 1.74. The van der Waals surface area contributed by atoms with Crippen LogP contribution in [0.1, 0.15) is 5.56 Å². The first-order chi connectivity index (χ1) is 15.6. The summed E-state index contributed by atoms with van der Waals surface area (Å²) in [5.41, 5.74) is 3.81. The Morgan fingerprint density at radius 3 is 2.28 bits per heavy atom. The number of benzene rings is 3. The zero-order valence-corrected chi connectivity index (χ0v) is 17.3. The fourth-order valence-electron chi connectivity index (χ4n) is 3.78. The number of rotatable bonds is 5. The third kappa shape index (κ3) is 3.60. The van der Waals surface area contributed by atoms with Crippen LogP contribution in [0.15, 0.2) is 85.1 Å². The van der Waals surface area contributed by atoms with Crippen LogP contribution < -0.4 is 4.74 Å². The van der Waals surface area contributed by atoms with E-state index in [1.165, 1.54) is 18.2 Å². The van der Waals surface area contributed by atoms with Crippen LogP contribution in [-0.2, 0) is 6.54 Å². The van der Waals surface area contributed by atoms with Crippen molar-refractivity contribution in [2.45, 2.75) is 6.54 Å². The molecule has 0 aliphatic rings. The zero-order chi connectivity index (χ0) is 22.1. The smallest absolute Gasteiger partial charge is 0.178 e. The molecule has 5 aromatic rings. The molecular formula is C26H19F2N3O. The molecule has 0 saturated heterocycles. The lowest BCUT2D eigenvalue weighted by molar-refractivity contribution is 0.415. The predicted molar refractivity (Wildman–Crippen MR) is 120 cm³/mol. The summed E-state index contributed by atoms with van der Waals surface area (Å²) in [6, 6.07) is 23.1. The van der Waals surface area contributed by atoms with Crippen molar-refractivity contribution in [2.75, 3.05) is 7.11 Å². The highest BCUT2D eigenvalue weighted by Gasteiger charge is 2.18. The molecule has 0 N–H and O–H groups in total. The highest BCUT2D eigenvalue weighted by molar-refractivity contribution is 5.82. The minimum atomic E-state index is -0.601. The largest absolute Gasteiger partial charge is 0.497 e. The molecule has 0 radical (unpaired) electrons. The molecule has 0 fully saturated rings. The van der Waals surface area contributed by atoms with Gasteiger partial charge in [0.2, 0.25) is 0 Å². The number of imidazole rings is 1. The molecule has 0 aliphatic carbocycles. The van der Waals surface area contributed by atoms with Gasteiger partial charge < -0.3 is 9.30 Å². The molecule has 0 bridgehead atoms. The quantitative estimate of drug-likeness (QED) is 0.340. The number of fused-ring (bicyclic) bond motifs is 1. The average Bonchev–Trinajstić information content (AvgIpc) is 3.19. The molecule has 6 heteroatoms. The lowest BCUT2D eigenvalue weighted by Gasteiger charge is -2.12. The minimum Gasteiger partial charge on any atom is -0.497 e. The van der Waals surface area contributed by atoms with Crippen molar-refractivity contribution in [1.29, 1.82) is 0 Å². The van der Waals surface area contributed by atoms with Crippen LogP contribution >= 0.6 is 0 Å². The Labute approximate surface area is 183 Å². The number of aromatic nitrogens is 3. The predicted octanol–water partition coefficient (Wildman–Crippen LogP) is 6.10. The van der Waals surface area contributed by atoms with Crippen LogP contribution in [0.4, 0.5) is 8.78 Å². The molecule has 0 aliphatic heterocycles. The average molecular weight is 427 g/mol. The van der Waals surface area contributed by atoms with E-state index in [1.54, 1.807) is 17.9 Å². The zero-order valence-electron chi connectivity index (χ0n) is 17.3. The van der Waals surface area contributed by atoms with Gasteiger partial charge in [-0.2, -0.15) is 0 Å². The first-order valence-corrected chi connectivity index (χ1v) is 10.1. The molecule has 2 heterocycles. The van der Waals surface area contributed by atoms with E-state index in [0.717, 1.165) is 16.7 Å². The lowest BCUT2D eigenvalue weighted by Crippen LogP contribution is -2.06. The maximum absolute atomic E-state index is 14.5. The topological polar surface area (TPSA) is 39.9 Å². The van der Waals surface area contributed by atoms with Crippen molar-refractivity contribution in [3.8, 4) is 28.3 Å². The summed E-state index contributed by atoms with van der Waals surface area (Å²) in [5, 5.41) is 0. The van der Waals surface area contributed by atoms with Gasteiger partial charge in [0, 0.05) is 22.9 Å². The monoisotopic (exact) mass is 427 g/mol. The Bertz CT molecular complexity index is 1390. The summed E-state index contributed by atoms with van der Waals surface area (Å²) < 4.78 is 36.2. The number of hydrogen-bond donors (Lipinski definition) is 0. The molecule has 0 spiro atoms. The second kappa shape index (κ2) is 8.23. The number of pyridine rings is 1. The van der Waals surface area contributed by atoms with E-state index in [2.05, 4.69) is 4.98 Å². The third-order valence-electron chi connectivity index (χ3n) is 5.42. The number of nitrogens with zero attached hydrogens (tertiary/aromatic N) is 3. The van der Waals surface area contributed by atoms with Gasteiger partial charge in [0.1, 0.15) is 23.2 Å². The number of methoxy groups -OCH3 is 1. The fourth-order valence-corrected chi connectivity index (χ4v) is 3.78. The molecule has 0 atom stereocenters. The maximum Gasteiger partial charge on any atom is 0.178 e. The van der Waals surface area contributed by atoms with Crippen molar-refractivity contribution >= 4 is 11.2 Å². The summed E-state index contributed by atoms with van der Waals surface area (Å²) in [6.07, 6.45) is 1.76. The van der Waals surface area contributed by atoms with E-state index in [9.17, 15) is 8.78 Å². The molecule has 4 nitrogen and oxygen atoms in total. The van der Waals surface area contributed by atoms with Gasteiger partial charge in [-0.05, 0) is 35.9 Å². The highest BCUT2D eigenvalue weighted by Crippen LogP contribution is 2.30. The van der Waals surface area contributed by atoms with Gasteiger partial charge in [-0.1, -0.05) is 48.5 Å². The number of halogens is 2. The molecule has 2 aromatic heterocycles. The maximum atomic E-state index is 14.5. The van der Waals surface area contributed by atoms with Gasteiger partial charge in [-0.25, -0.2) is 18.7 Å². The van der Waals surface area contributed by atoms with Crippen LogP contribution in [0, 0.1) is 11.6 Å². The highest BCUT2D eigenvalue weighted by atomic mass is 19.1. The molecule has 3 aromatic carbocycles. The number of hydrogen-bond acceptors (Lipinski definition) is 3. The number of ether oxygens (including phenoxy) is 1. The van der Waals surface area contributed by atoms with Gasteiger partial charge in [0.25, 0.3) is 0 Å². The molecule has 32 heavy (non-hydrogen) atoms. The van der Waals surface area contributed by atoms with Crippen LogP contribution in [-0.4, -0.2) is 21.6 Å². The van der Waals surface area contributed by atoms with E-state index in [0.29, 0.717) is 22.7 Å². The summed E-state index contributed by atoms with van der Waals surface area (Å²) in [6.45, 7) is -0.0263. The fraction of sp³-hybridized carbons (Fsp3) is 0.0769. The summed E-state index contributed by atoms with van der Waals surface area (Å²) in [4.78, 5) is 9.24. The minimum absolute atomic E-state index is 0.0263. The normalized spacial score (nSPS) is 11.1. The molecule has 0 unspecified atom stereocenters. The van der Waals surface area contributed by atoms with Crippen LogP contribution in [0.2, 0.25) is 0 Å². The molecule has 158 valence electrons. The van der Waals surface area contributed by atoms with Crippen LogP contribution in [0.5, 0.6) is 5.75 Å².